The van der Waals surface area contributed by atoms with Gasteiger partial charge in [0.05, 0.1) is 7.11 Å². The van der Waals surface area contributed by atoms with Crippen LogP contribution >= 0.6 is 15.9 Å². The predicted molar refractivity (Wildman–Crippen MR) is 68.2 cm³/mol. The highest BCUT2D eigenvalue weighted by molar-refractivity contribution is 9.09. The molecule has 1 aliphatic rings. The number of rotatable bonds is 3. The summed E-state index contributed by atoms with van der Waals surface area (Å²) in [4.78, 5) is 0.122. The number of benzene rings is 1. The fourth-order valence-corrected chi connectivity index (χ4v) is 3.07. The quantitative estimate of drug-likeness (QED) is 0.793. The van der Waals surface area contributed by atoms with Crippen molar-refractivity contribution in [3.63, 3.8) is 0 Å². The van der Waals surface area contributed by atoms with Crippen molar-refractivity contribution in [1.29, 1.82) is 0 Å². The Labute approximate surface area is 109 Å². The lowest BCUT2D eigenvalue weighted by Gasteiger charge is -2.27. The van der Waals surface area contributed by atoms with Crippen LogP contribution in [0.25, 0.3) is 0 Å². The topological polar surface area (TPSA) is 18.5 Å². The van der Waals surface area contributed by atoms with Crippen LogP contribution in [0.5, 0.6) is 5.75 Å². The summed E-state index contributed by atoms with van der Waals surface area (Å²) < 4.78 is 23.9. The Morgan fingerprint density at radius 2 is 2.12 bits per heavy atom. The van der Waals surface area contributed by atoms with Gasteiger partial charge < -0.3 is 9.47 Å². The third kappa shape index (κ3) is 2.99. The number of ether oxygens (including phenoxy) is 2. The van der Waals surface area contributed by atoms with E-state index in [1.54, 1.807) is 19.2 Å². The lowest BCUT2D eigenvalue weighted by Crippen LogP contribution is -2.19. The van der Waals surface area contributed by atoms with Gasteiger partial charge >= 0.3 is 0 Å². The van der Waals surface area contributed by atoms with Gasteiger partial charge in [-0.2, -0.15) is 0 Å². The van der Waals surface area contributed by atoms with E-state index in [4.69, 9.17) is 9.47 Å². The van der Waals surface area contributed by atoms with Gasteiger partial charge in [-0.3, -0.25) is 0 Å². The first-order valence-corrected chi connectivity index (χ1v) is 6.69. The first kappa shape index (κ1) is 12.8. The van der Waals surface area contributed by atoms with Crippen LogP contribution in [0.2, 0.25) is 0 Å². The summed E-state index contributed by atoms with van der Waals surface area (Å²) in [6.07, 6.45) is 1.99. The first-order chi connectivity index (χ1) is 8.22. The van der Waals surface area contributed by atoms with E-state index in [1.165, 1.54) is 6.07 Å². The van der Waals surface area contributed by atoms with Crippen molar-refractivity contribution < 1.29 is 13.9 Å². The molecule has 0 aromatic heterocycles. The van der Waals surface area contributed by atoms with Crippen molar-refractivity contribution in [1.82, 2.24) is 0 Å². The lowest BCUT2D eigenvalue weighted by atomic mass is 9.92. The van der Waals surface area contributed by atoms with E-state index in [1.807, 2.05) is 0 Å². The van der Waals surface area contributed by atoms with Gasteiger partial charge in [0.15, 0.2) is 0 Å². The van der Waals surface area contributed by atoms with Crippen LogP contribution < -0.4 is 4.74 Å². The second-order valence-corrected chi connectivity index (χ2v) is 5.22. The van der Waals surface area contributed by atoms with Crippen LogP contribution in [-0.4, -0.2) is 20.3 Å². The highest BCUT2D eigenvalue weighted by Crippen LogP contribution is 2.41. The van der Waals surface area contributed by atoms with Gasteiger partial charge in [-0.15, -0.1) is 0 Å². The Bertz CT molecular complexity index is 378. The summed E-state index contributed by atoms with van der Waals surface area (Å²) in [5, 5.41) is 0. The Kier molecular flexibility index (Phi) is 4.40. The minimum Gasteiger partial charge on any atom is -0.496 e. The van der Waals surface area contributed by atoms with Gasteiger partial charge in [0.2, 0.25) is 0 Å². The van der Waals surface area contributed by atoms with E-state index in [0.717, 1.165) is 37.4 Å². The maximum atomic E-state index is 13.3. The summed E-state index contributed by atoms with van der Waals surface area (Å²) in [6, 6.07) is 4.65. The van der Waals surface area contributed by atoms with Crippen LogP contribution in [0, 0.1) is 11.7 Å². The maximum Gasteiger partial charge on any atom is 0.123 e. The maximum absolute atomic E-state index is 13.3. The second-order valence-electron chi connectivity index (χ2n) is 4.24. The summed E-state index contributed by atoms with van der Waals surface area (Å²) in [5.41, 5.74) is 0.888. The molecule has 0 aliphatic carbocycles. The average Bonchev–Trinajstić information content (AvgIpc) is 2.39. The Morgan fingerprint density at radius 1 is 1.41 bits per heavy atom. The summed E-state index contributed by atoms with van der Waals surface area (Å²) >= 11 is 3.67. The van der Waals surface area contributed by atoms with E-state index in [-0.39, 0.29) is 10.6 Å². The molecule has 0 saturated carbocycles. The lowest BCUT2D eigenvalue weighted by molar-refractivity contribution is 0.0660. The highest BCUT2D eigenvalue weighted by atomic mass is 79.9. The number of halogens is 2. The number of hydrogen-bond donors (Lipinski definition) is 0. The Morgan fingerprint density at radius 3 is 2.76 bits per heavy atom. The van der Waals surface area contributed by atoms with E-state index >= 15 is 0 Å². The smallest absolute Gasteiger partial charge is 0.123 e. The van der Waals surface area contributed by atoms with Crippen molar-refractivity contribution in [2.45, 2.75) is 17.7 Å². The molecule has 2 nitrogen and oxygen atoms in total. The van der Waals surface area contributed by atoms with Crippen LogP contribution in [0.1, 0.15) is 23.2 Å². The van der Waals surface area contributed by atoms with E-state index in [2.05, 4.69) is 15.9 Å². The normalized spacial score (nSPS) is 19.0. The van der Waals surface area contributed by atoms with Crippen molar-refractivity contribution in [3.05, 3.63) is 29.6 Å². The third-order valence-corrected chi connectivity index (χ3v) is 4.41. The minimum atomic E-state index is -0.225. The molecule has 0 N–H and O–H groups in total. The third-order valence-electron chi connectivity index (χ3n) is 3.17. The summed E-state index contributed by atoms with van der Waals surface area (Å²) in [6.45, 7) is 1.56. The van der Waals surface area contributed by atoms with Gasteiger partial charge in [0.25, 0.3) is 0 Å². The molecule has 2 rings (SSSR count). The summed E-state index contributed by atoms with van der Waals surface area (Å²) in [7, 11) is 1.61. The van der Waals surface area contributed by atoms with E-state index in [0.29, 0.717) is 5.92 Å². The first-order valence-electron chi connectivity index (χ1n) is 5.77. The molecular formula is C13H16BrFO2. The molecule has 0 spiro atoms. The molecule has 1 heterocycles. The number of hydrogen-bond acceptors (Lipinski definition) is 2. The molecule has 1 aromatic rings. The van der Waals surface area contributed by atoms with Crippen LogP contribution in [-0.2, 0) is 4.74 Å². The van der Waals surface area contributed by atoms with Gasteiger partial charge in [-0.25, -0.2) is 4.39 Å². The molecule has 1 unspecified atom stereocenters. The number of alkyl halides is 1. The molecule has 4 heteroatoms. The highest BCUT2D eigenvalue weighted by Gasteiger charge is 2.25. The average molecular weight is 303 g/mol. The van der Waals surface area contributed by atoms with Crippen molar-refractivity contribution >= 4 is 15.9 Å². The molecule has 1 saturated heterocycles. The largest absolute Gasteiger partial charge is 0.496 e. The zero-order valence-electron chi connectivity index (χ0n) is 9.79. The zero-order chi connectivity index (χ0) is 12.3. The zero-order valence-corrected chi connectivity index (χ0v) is 11.4. The van der Waals surface area contributed by atoms with Crippen LogP contribution in [0.3, 0.4) is 0 Å². The predicted octanol–water partition coefficient (Wildman–Crippen LogP) is 3.70. The van der Waals surface area contributed by atoms with Gasteiger partial charge in [0.1, 0.15) is 11.6 Å². The molecular weight excluding hydrogens is 287 g/mol. The molecule has 1 aromatic carbocycles. The Hall–Kier alpha value is -0.610. The fourth-order valence-electron chi connectivity index (χ4n) is 2.18. The van der Waals surface area contributed by atoms with Crippen molar-refractivity contribution in [2.75, 3.05) is 20.3 Å². The monoisotopic (exact) mass is 302 g/mol. The van der Waals surface area contributed by atoms with Gasteiger partial charge in [0, 0.05) is 23.6 Å². The molecule has 1 atom stereocenters. The van der Waals surface area contributed by atoms with Gasteiger partial charge in [-0.05, 0) is 37.0 Å². The van der Waals surface area contributed by atoms with Crippen LogP contribution in [0.15, 0.2) is 18.2 Å². The fraction of sp³-hybridized carbons (Fsp3) is 0.538. The second kappa shape index (κ2) is 5.83. The number of methoxy groups -OCH3 is 1. The van der Waals surface area contributed by atoms with Crippen LogP contribution in [0.4, 0.5) is 4.39 Å². The molecule has 17 heavy (non-hydrogen) atoms. The van der Waals surface area contributed by atoms with Gasteiger partial charge in [-0.1, -0.05) is 15.9 Å². The summed E-state index contributed by atoms with van der Waals surface area (Å²) in [5.74, 6) is 0.983. The molecule has 0 radical (unpaired) electrons. The Balaban J connectivity index is 2.21. The molecule has 1 aliphatic heterocycles. The van der Waals surface area contributed by atoms with E-state index in [9.17, 15) is 4.39 Å². The minimum absolute atomic E-state index is 0.122. The SMILES string of the molecule is COc1ccc(F)cc1C(Br)C1CCOCC1. The molecule has 0 bridgehead atoms. The molecule has 1 fully saturated rings. The standard InChI is InChI=1S/C13H16BrFO2/c1-16-12-3-2-10(15)8-11(12)13(14)9-4-6-17-7-5-9/h2-3,8-9,13H,4-7H2,1H3. The molecule has 94 valence electrons. The van der Waals surface area contributed by atoms with Crippen molar-refractivity contribution in [3.8, 4) is 5.75 Å². The van der Waals surface area contributed by atoms with E-state index < -0.39 is 0 Å². The molecule has 0 amide bonds. The van der Waals surface area contributed by atoms with Crippen molar-refractivity contribution in [2.24, 2.45) is 5.92 Å².